The summed E-state index contributed by atoms with van der Waals surface area (Å²) in [5.74, 6) is 0. The Bertz CT molecular complexity index is 1900. The first kappa shape index (κ1) is 155. The third-order valence-corrected chi connectivity index (χ3v) is 67.3. The Morgan fingerprint density at radius 1 is 0.310 bits per heavy atom. The average molecular weight is 1850 g/mol. The van der Waals surface area contributed by atoms with Crippen LogP contribution < -0.4 is 0 Å². The molecule has 0 fully saturated rings. The Balaban J connectivity index is -0.0000000611. The Labute approximate surface area is 663 Å². The van der Waals surface area contributed by atoms with Gasteiger partial charge >= 0.3 is 68.1 Å². The zero-order valence-electron chi connectivity index (χ0n) is 63.0. The van der Waals surface area contributed by atoms with E-state index in [1.807, 2.05) is 11.4 Å². The van der Waals surface area contributed by atoms with Gasteiger partial charge in [0.05, 0.1) is 16.8 Å². The summed E-state index contributed by atoms with van der Waals surface area (Å²) < 4.78 is 90.5. The molecule has 13 nitrogen and oxygen atoms in total. The summed E-state index contributed by atoms with van der Waals surface area (Å²) in [5.41, 5.74) is 3.28. The van der Waals surface area contributed by atoms with E-state index < -0.39 is 129 Å². The van der Waals surface area contributed by atoms with Crippen LogP contribution in [-0.4, -0.2) is 127 Å². The van der Waals surface area contributed by atoms with Crippen molar-refractivity contribution in [3.63, 3.8) is 0 Å². The van der Waals surface area contributed by atoms with Gasteiger partial charge in [0, 0.05) is 0 Å². The SMILES string of the molecule is C.C.C.C.C.C.C.C.C.C.C.C.C.C.C.C.C=C[Si](C)(C)O[Si](C)(C)C=C.CC(C)(C)O[Si](C)(C)O[Si](C)(CCC[Si](C)(C)O[Si](C)(C)CCC[Si](C)(O[Si](C)(C)OC(C)(C)C)O[Si](C)(C)C(C)(C)C)O[Si](C)(C)C(C)(C)C.C[SiH](O[Si](C)(C)OC(C)(C)C)O[Si](C)(C)C(C)(C)C.[O]=[Pt]=[O]. The summed E-state index contributed by atoms with van der Waals surface area (Å²) in [4.78, 5) is 0. The topological polar surface area (TPSA) is 136 Å². The molecule has 3 atom stereocenters. The van der Waals surface area contributed by atoms with E-state index in [-0.39, 0.29) is 151 Å². The van der Waals surface area contributed by atoms with Crippen LogP contribution in [0.3, 0.4) is 0 Å². The van der Waals surface area contributed by atoms with Gasteiger partial charge in [-0.15, -0.1) is 13.2 Å². The van der Waals surface area contributed by atoms with Crippen LogP contribution in [-0.2, 0) is 71.5 Å². The molecule has 0 N–H and O–H groups in total. The maximum atomic E-state index is 8.49. The monoisotopic (exact) mass is 1850 g/mol. The van der Waals surface area contributed by atoms with Crippen molar-refractivity contribution < 1.29 is 71.5 Å². The second-order valence-electron chi connectivity index (χ2n) is 34.7. The van der Waals surface area contributed by atoms with Gasteiger partial charge in [-0.05, 0) is 252 Å². The molecule has 0 aliphatic rings. The number of hydrogen-bond acceptors (Lipinski definition) is 13. The minimum atomic E-state index is -2.55. The van der Waals surface area contributed by atoms with E-state index >= 15 is 0 Å². The zero-order chi connectivity index (χ0) is 68.7. The molecule has 0 aromatic carbocycles. The van der Waals surface area contributed by atoms with Gasteiger partial charge in [-0.1, -0.05) is 205 Å². The second kappa shape index (κ2) is 57.2. The molecule has 0 saturated heterocycles. The van der Waals surface area contributed by atoms with E-state index in [4.69, 9.17) is 53.0 Å². The van der Waals surface area contributed by atoms with Crippen molar-refractivity contribution in [3.05, 3.63) is 24.6 Å². The summed E-state index contributed by atoms with van der Waals surface area (Å²) in [7, 11) is -26.6. The molecule has 0 heterocycles. The molecular weight excluding hydrogens is 1640 g/mol. The Morgan fingerprint density at radius 3 is 0.710 bits per heavy atom. The Kier molecular flexibility index (Phi) is 88.6. The molecule has 100 heavy (non-hydrogen) atoms. The normalized spacial score (nSPS) is 13.8. The van der Waals surface area contributed by atoms with Crippen molar-refractivity contribution in [2.24, 2.45) is 0 Å². The third-order valence-electron chi connectivity index (χ3n) is 14.7. The molecule has 0 aromatic rings. The van der Waals surface area contributed by atoms with Gasteiger partial charge in [0.1, 0.15) is 0 Å². The maximum absolute atomic E-state index is 8.49. The average Bonchev–Trinajstić information content (AvgIpc) is 3.11. The van der Waals surface area contributed by atoms with E-state index in [1.54, 1.807) is 0 Å². The van der Waals surface area contributed by atoms with Crippen molar-refractivity contribution in [1.29, 1.82) is 0 Å². The van der Waals surface area contributed by atoms with E-state index in [9.17, 15) is 0 Å². The molecule has 3 unspecified atom stereocenters. The summed E-state index contributed by atoms with van der Waals surface area (Å²) in [6, 6.07) is 4.14. The zero-order valence-corrected chi connectivity index (χ0v) is 78.4. The molecular formula is C73H206O13PtSi13. The molecule has 0 amide bonds. The van der Waals surface area contributed by atoms with E-state index in [2.05, 4.69) is 288 Å². The predicted octanol–water partition coefficient (Wildman–Crippen LogP) is 30.6. The van der Waals surface area contributed by atoms with Crippen LogP contribution in [0.25, 0.3) is 0 Å². The van der Waals surface area contributed by atoms with E-state index in [1.165, 1.54) is 0 Å². The first-order chi connectivity index (χ1) is 36.2. The van der Waals surface area contributed by atoms with Crippen LogP contribution in [0.4, 0.5) is 0 Å². The molecule has 0 radical (unpaired) electrons. The van der Waals surface area contributed by atoms with Crippen LogP contribution >= 0.6 is 0 Å². The Morgan fingerprint density at radius 2 is 0.520 bits per heavy atom. The molecule has 0 saturated carbocycles. The van der Waals surface area contributed by atoms with Crippen LogP contribution in [0, 0.1) is 0 Å². The van der Waals surface area contributed by atoms with Crippen LogP contribution in [0.2, 0.25) is 190 Å². The van der Waals surface area contributed by atoms with Gasteiger partial charge in [0.2, 0.25) is 0 Å². The van der Waals surface area contributed by atoms with Crippen LogP contribution in [0.1, 0.15) is 256 Å². The summed E-state index contributed by atoms with van der Waals surface area (Å²) in [6.07, 6.45) is 2.13. The molecule has 27 heteroatoms. The Hall–Kier alpha value is 2.15. The van der Waals surface area contributed by atoms with Gasteiger partial charge in [-0.25, -0.2) is 0 Å². The van der Waals surface area contributed by atoms with Gasteiger partial charge in [-0.3, -0.25) is 0 Å². The van der Waals surface area contributed by atoms with Crippen molar-refractivity contribution in [1.82, 2.24) is 0 Å². The minimum absolute atomic E-state index is 0. The van der Waals surface area contributed by atoms with Crippen LogP contribution in [0.15, 0.2) is 24.6 Å². The summed E-state index contributed by atoms with van der Waals surface area (Å²) in [5, 5.41) is 0.463. The molecule has 0 bridgehead atoms. The molecule has 0 aromatic heterocycles. The number of hydrogen-bond donors (Lipinski definition) is 0. The fourth-order valence-corrected chi connectivity index (χ4v) is 62.2. The van der Waals surface area contributed by atoms with E-state index in [0.29, 0.717) is 0 Å². The molecule has 638 valence electrons. The summed E-state index contributed by atoms with van der Waals surface area (Å²) >= 11 is -1.92. The van der Waals surface area contributed by atoms with Crippen LogP contribution in [0.5, 0.6) is 0 Å². The second-order valence-corrected chi connectivity index (χ2v) is 86.4. The van der Waals surface area contributed by atoms with Gasteiger partial charge < -0.3 is 46.2 Å². The van der Waals surface area contributed by atoms with Gasteiger partial charge in [0.25, 0.3) is 9.28 Å². The third kappa shape index (κ3) is 74.2. The molecule has 0 spiro atoms. The molecule has 0 aliphatic heterocycles. The van der Waals surface area contributed by atoms with Crippen molar-refractivity contribution >= 4 is 110 Å². The van der Waals surface area contributed by atoms with Crippen molar-refractivity contribution in [3.8, 4) is 0 Å². The first-order valence-electron chi connectivity index (χ1n) is 30.9. The quantitative estimate of drug-likeness (QED) is 0.0658. The van der Waals surface area contributed by atoms with Crippen molar-refractivity contribution in [2.75, 3.05) is 0 Å². The fourth-order valence-electron chi connectivity index (χ4n) is 9.25. The predicted molar refractivity (Wildman–Crippen MR) is 499 cm³/mol. The standard InChI is InChI=1S/C36H90O7Si8.C13H34O3Si3.C8H18OSi2.16CH4.2O.Pt/c1-33(2,3)37-48(21,22)42-50(25,40-46(17,18)35(7,8)9)31-27-29-44(13,14)39-45(15,16)30-28-32-51(26,41-47(19,20)36(10,11)12)43-49(23,24)38-34(4,5)6;1-12(2,3)14-19(10,11)16-17(7)15-18(8,9)13(4,5)6;1-7-10(3,4)9-11(5,6)8-2;;;;;;;;;;;;;;;;;;;/h27-32H2,1-26H3;17H,1-11H3;7-8H,1-2H2,3-6H3;16*1H4;;;. The van der Waals surface area contributed by atoms with Gasteiger partial charge in [-0.2, -0.15) is 0 Å². The number of rotatable bonds is 29. The van der Waals surface area contributed by atoms with E-state index in [0.717, 1.165) is 37.0 Å². The van der Waals surface area contributed by atoms with Crippen molar-refractivity contribution in [2.45, 2.75) is 463 Å². The fraction of sp³-hybridized carbons (Fsp3) is 0.945. The summed E-state index contributed by atoms with van der Waals surface area (Å²) in [6.45, 7) is 99.1. The van der Waals surface area contributed by atoms with Gasteiger partial charge in [0.15, 0.2) is 58.2 Å². The molecule has 0 rings (SSSR count). The molecule has 0 aliphatic carbocycles. The first-order valence-corrected chi connectivity index (χ1v) is 69.3.